The summed E-state index contributed by atoms with van der Waals surface area (Å²) in [5.41, 5.74) is 1.53. The van der Waals surface area contributed by atoms with Gasteiger partial charge >= 0.3 is 5.97 Å². The van der Waals surface area contributed by atoms with E-state index in [1.54, 1.807) is 30.8 Å². The van der Waals surface area contributed by atoms with Gasteiger partial charge in [-0.15, -0.1) is 0 Å². The predicted molar refractivity (Wildman–Crippen MR) is 89.5 cm³/mol. The van der Waals surface area contributed by atoms with Crippen molar-refractivity contribution in [1.29, 1.82) is 0 Å². The number of carbonyl (C=O) groups excluding carboxylic acids is 1. The van der Waals surface area contributed by atoms with Gasteiger partial charge in [-0.25, -0.2) is 9.78 Å². The molecule has 1 aromatic heterocycles. The van der Waals surface area contributed by atoms with Gasteiger partial charge in [-0.3, -0.25) is 0 Å². The summed E-state index contributed by atoms with van der Waals surface area (Å²) in [5, 5.41) is 1.06. The number of esters is 1. The summed E-state index contributed by atoms with van der Waals surface area (Å²) in [6.07, 6.45) is 0. The standard InChI is InChI=1S/C15H16ClNO2S2/c1-4-19-14(18)13-12(10-5-7-11(16)8-6-10)17-15(21-13)20-9(2)3/h5-9H,4H2,1-3H3. The van der Waals surface area contributed by atoms with Crippen LogP contribution in [-0.4, -0.2) is 22.8 Å². The average Bonchev–Trinajstić information content (AvgIpc) is 2.83. The lowest BCUT2D eigenvalue weighted by Crippen LogP contribution is -2.03. The van der Waals surface area contributed by atoms with Crippen LogP contribution in [0.4, 0.5) is 0 Å². The van der Waals surface area contributed by atoms with Crippen LogP contribution in [0.1, 0.15) is 30.4 Å². The highest BCUT2D eigenvalue weighted by Gasteiger charge is 2.21. The van der Waals surface area contributed by atoms with Crippen molar-refractivity contribution < 1.29 is 9.53 Å². The van der Waals surface area contributed by atoms with E-state index in [0.29, 0.717) is 27.5 Å². The first-order valence-electron chi connectivity index (χ1n) is 6.61. The number of thioether (sulfide) groups is 1. The van der Waals surface area contributed by atoms with Gasteiger partial charge in [-0.1, -0.05) is 60.7 Å². The second-order valence-electron chi connectivity index (χ2n) is 4.55. The van der Waals surface area contributed by atoms with Crippen LogP contribution in [0.25, 0.3) is 11.3 Å². The molecule has 0 radical (unpaired) electrons. The normalized spacial score (nSPS) is 10.9. The molecule has 3 nitrogen and oxygen atoms in total. The van der Waals surface area contributed by atoms with E-state index in [9.17, 15) is 4.79 Å². The first-order chi connectivity index (χ1) is 10.0. The van der Waals surface area contributed by atoms with E-state index in [2.05, 4.69) is 18.8 Å². The first kappa shape index (κ1) is 16.3. The molecule has 0 aliphatic heterocycles. The van der Waals surface area contributed by atoms with Crippen LogP contribution in [-0.2, 0) is 4.74 Å². The van der Waals surface area contributed by atoms with E-state index in [4.69, 9.17) is 16.3 Å². The Morgan fingerprint density at radius 3 is 2.62 bits per heavy atom. The minimum absolute atomic E-state index is 0.324. The number of benzene rings is 1. The van der Waals surface area contributed by atoms with Crippen LogP contribution in [0, 0.1) is 0 Å². The highest BCUT2D eigenvalue weighted by Crippen LogP contribution is 2.35. The summed E-state index contributed by atoms with van der Waals surface area (Å²) < 4.78 is 6.00. The molecule has 21 heavy (non-hydrogen) atoms. The second-order valence-corrected chi connectivity index (χ2v) is 7.81. The first-order valence-corrected chi connectivity index (χ1v) is 8.69. The van der Waals surface area contributed by atoms with Crippen LogP contribution in [0.5, 0.6) is 0 Å². The molecule has 0 saturated carbocycles. The molecule has 112 valence electrons. The zero-order chi connectivity index (χ0) is 15.4. The lowest BCUT2D eigenvalue weighted by atomic mass is 10.1. The molecule has 0 atom stereocenters. The Labute approximate surface area is 137 Å². The lowest BCUT2D eigenvalue weighted by molar-refractivity contribution is 0.0532. The van der Waals surface area contributed by atoms with Crippen molar-refractivity contribution in [3.05, 3.63) is 34.2 Å². The molecule has 0 aliphatic rings. The van der Waals surface area contributed by atoms with E-state index in [1.165, 1.54) is 11.3 Å². The van der Waals surface area contributed by atoms with Crippen molar-refractivity contribution in [1.82, 2.24) is 4.98 Å². The molecule has 0 fully saturated rings. The number of halogens is 1. The number of carbonyl (C=O) groups is 1. The van der Waals surface area contributed by atoms with Crippen molar-refractivity contribution in [3.63, 3.8) is 0 Å². The molecular formula is C15H16ClNO2S2. The fourth-order valence-corrected chi connectivity index (χ4v) is 4.10. The Kier molecular flexibility index (Phi) is 5.67. The van der Waals surface area contributed by atoms with E-state index < -0.39 is 0 Å². The van der Waals surface area contributed by atoms with E-state index in [1.807, 2.05) is 12.1 Å². The molecular weight excluding hydrogens is 326 g/mol. The number of aromatic nitrogens is 1. The topological polar surface area (TPSA) is 39.2 Å². The second kappa shape index (κ2) is 7.29. The van der Waals surface area contributed by atoms with Gasteiger partial charge in [-0.05, 0) is 19.1 Å². The fourth-order valence-electron chi connectivity index (χ4n) is 1.69. The Hall–Kier alpha value is -1.04. The lowest BCUT2D eigenvalue weighted by Gasteiger charge is -2.02. The maximum atomic E-state index is 12.1. The predicted octanol–water partition coefficient (Wildman–Crippen LogP) is 5.14. The number of hydrogen-bond acceptors (Lipinski definition) is 5. The third-order valence-corrected chi connectivity index (χ3v) is 4.91. The van der Waals surface area contributed by atoms with E-state index in [0.717, 1.165) is 9.90 Å². The summed E-state index contributed by atoms with van der Waals surface area (Å²) in [6, 6.07) is 7.31. The summed E-state index contributed by atoms with van der Waals surface area (Å²) in [5.74, 6) is -0.324. The molecule has 2 rings (SSSR count). The van der Waals surface area contributed by atoms with Crippen LogP contribution >= 0.6 is 34.7 Å². The quantitative estimate of drug-likeness (QED) is 0.557. The highest BCUT2D eigenvalue weighted by atomic mass is 35.5. The third-order valence-electron chi connectivity index (χ3n) is 2.52. The average molecular weight is 342 g/mol. The molecule has 0 N–H and O–H groups in total. The zero-order valence-corrected chi connectivity index (χ0v) is 14.4. The molecule has 0 spiro atoms. The Bertz CT molecular complexity index is 623. The largest absolute Gasteiger partial charge is 0.462 e. The van der Waals surface area contributed by atoms with Gasteiger partial charge in [0, 0.05) is 15.8 Å². The molecule has 0 bridgehead atoms. The Balaban J connectivity index is 2.43. The van der Waals surface area contributed by atoms with Crippen molar-refractivity contribution in [3.8, 4) is 11.3 Å². The number of hydrogen-bond donors (Lipinski definition) is 0. The van der Waals surface area contributed by atoms with Gasteiger partial charge in [0.25, 0.3) is 0 Å². The monoisotopic (exact) mass is 341 g/mol. The van der Waals surface area contributed by atoms with Crippen molar-refractivity contribution in [2.45, 2.75) is 30.4 Å². The minimum Gasteiger partial charge on any atom is -0.462 e. The van der Waals surface area contributed by atoms with Crippen molar-refractivity contribution in [2.75, 3.05) is 6.61 Å². The van der Waals surface area contributed by atoms with E-state index in [-0.39, 0.29) is 5.97 Å². The highest BCUT2D eigenvalue weighted by molar-refractivity contribution is 8.01. The van der Waals surface area contributed by atoms with E-state index >= 15 is 0 Å². The molecule has 1 heterocycles. The Morgan fingerprint density at radius 2 is 2.05 bits per heavy atom. The number of rotatable bonds is 5. The van der Waals surface area contributed by atoms with Gasteiger partial charge in [0.2, 0.25) is 0 Å². The molecule has 0 amide bonds. The number of ether oxygens (including phenoxy) is 1. The maximum Gasteiger partial charge on any atom is 0.350 e. The molecule has 0 saturated heterocycles. The summed E-state index contributed by atoms with van der Waals surface area (Å²) in [6.45, 7) is 6.34. The number of thiazole rings is 1. The fraction of sp³-hybridized carbons (Fsp3) is 0.333. The summed E-state index contributed by atoms with van der Waals surface area (Å²) in [7, 11) is 0. The molecule has 2 aromatic rings. The molecule has 6 heteroatoms. The van der Waals surface area contributed by atoms with Gasteiger partial charge in [0.15, 0.2) is 4.34 Å². The third kappa shape index (κ3) is 4.22. The van der Waals surface area contributed by atoms with Crippen LogP contribution in [0.15, 0.2) is 28.6 Å². The Morgan fingerprint density at radius 1 is 1.38 bits per heavy atom. The van der Waals surface area contributed by atoms with Crippen molar-refractivity contribution in [2.24, 2.45) is 0 Å². The van der Waals surface area contributed by atoms with Gasteiger partial charge in [0.1, 0.15) is 4.88 Å². The SMILES string of the molecule is CCOC(=O)c1sc(SC(C)C)nc1-c1ccc(Cl)cc1. The van der Waals surface area contributed by atoms with Gasteiger partial charge in [0.05, 0.1) is 12.3 Å². The minimum atomic E-state index is -0.324. The van der Waals surface area contributed by atoms with Crippen LogP contribution in [0.2, 0.25) is 5.02 Å². The summed E-state index contributed by atoms with van der Waals surface area (Å²) >= 11 is 8.93. The van der Waals surface area contributed by atoms with Crippen molar-refractivity contribution >= 4 is 40.7 Å². The van der Waals surface area contributed by atoms with Gasteiger partial charge in [-0.2, -0.15) is 0 Å². The maximum absolute atomic E-state index is 12.1. The zero-order valence-electron chi connectivity index (χ0n) is 12.1. The van der Waals surface area contributed by atoms with Gasteiger partial charge < -0.3 is 4.74 Å². The van der Waals surface area contributed by atoms with Crippen LogP contribution in [0.3, 0.4) is 0 Å². The summed E-state index contributed by atoms with van der Waals surface area (Å²) in [4.78, 5) is 17.3. The molecule has 0 unspecified atom stereocenters. The molecule has 0 aliphatic carbocycles. The molecule has 1 aromatic carbocycles. The smallest absolute Gasteiger partial charge is 0.350 e. The number of nitrogens with zero attached hydrogens (tertiary/aromatic N) is 1. The van der Waals surface area contributed by atoms with Crippen LogP contribution < -0.4 is 0 Å².